The summed E-state index contributed by atoms with van der Waals surface area (Å²) in [6, 6.07) is 10.8. The van der Waals surface area contributed by atoms with E-state index >= 15 is 0 Å². The zero-order valence-corrected chi connectivity index (χ0v) is 14.0. The van der Waals surface area contributed by atoms with E-state index in [1.54, 1.807) is 21.8 Å². The Morgan fingerprint density at radius 1 is 1.29 bits per heavy atom. The quantitative estimate of drug-likeness (QED) is 0.932. The minimum atomic E-state index is -0.426. The number of amides is 2. The van der Waals surface area contributed by atoms with Gasteiger partial charge in [-0.1, -0.05) is 32.0 Å². The maximum atomic E-state index is 13.1. The molecule has 1 aliphatic rings. The second kappa shape index (κ2) is 6.86. The molecule has 1 aromatic carbocycles. The molecule has 0 spiro atoms. The SMILES string of the molecule is CC(C)C[C@H]1C(=O)NCCN1C(=O)c1ccnn1-c1ccccc1. The predicted molar refractivity (Wildman–Crippen MR) is 90.9 cm³/mol. The zero-order valence-electron chi connectivity index (χ0n) is 14.0. The molecule has 1 aromatic heterocycles. The van der Waals surface area contributed by atoms with Gasteiger partial charge in [0.25, 0.3) is 5.91 Å². The van der Waals surface area contributed by atoms with Crippen molar-refractivity contribution in [2.75, 3.05) is 13.1 Å². The Labute approximate surface area is 141 Å². The topological polar surface area (TPSA) is 67.2 Å². The van der Waals surface area contributed by atoms with Gasteiger partial charge in [0.2, 0.25) is 5.91 Å². The van der Waals surface area contributed by atoms with E-state index in [1.807, 2.05) is 30.3 Å². The van der Waals surface area contributed by atoms with Gasteiger partial charge in [0.05, 0.1) is 11.9 Å². The summed E-state index contributed by atoms with van der Waals surface area (Å²) in [5.74, 6) is 0.0964. The summed E-state index contributed by atoms with van der Waals surface area (Å²) in [7, 11) is 0. The second-order valence-corrected chi connectivity index (χ2v) is 6.40. The third-order valence-electron chi connectivity index (χ3n) is 4.15. The van der Waals surface area contributed by atoms with Gasteiger partial charge in [-0.25, -0.2) is 4.68 Å². The fourth-order valence-electron chi connectivity index (χ4n) is 3.03. The number of rotatable bonds is 4. The maximum absolute atomic E-state index is 13.1. The van der Waals surface area contributed by atoms with Crippen molar-refractivity contribution in [1.82, 2.24) is 20.0 Å². The molecular weight excluding hydrogens is 304 g/mol. The highest BCUT2D eigenvalue weighted by molar-refractivity contribution is 5.97. The molecule has 1 fully saturated rings. The van der Waals surface area contributed by atoms with Crippen molar-refractivity contribution in [2.24, 2.45) is 5.92 Å². The number of carbonyl (C=O) groups is 2. The molecule has 1 atom stereocenters. The van der Waals surface area contributed by atoms with Gasteiger partial charge < -0.3 is 10.2 Å². The van der Waals surface area contributed by atoms with Gasteiger partial charge in [-0.15, -0.1) is 0 Å². The van der Waals surface area contributed by atoms with Gasteiger partial charge in [-0.3, -0.25) is 9.59 Å². The summed E-state index contributed by atoms with van der Waals surface area (Å²) in [5, 5.41) is 7.13. The molecule has 0 bridgehead atoms. The Balaban J connectivity index is 1.91. The average molecular weight is 326 g/mol. The Hall–Kier alpha value is -2.63. The molecule has 126 valence electrons. The summed E-state index contributed by atoms with van der Waals surface area (Å²) in [6.07, 6.45) is 2.26. The van der Waals surface area contributed by atoms with E-state index in [0.29, 0.717) is 31.1 Å². The largest absolute Gasteiger partial charge is 0.353 e. The summed E-state index contributed by atoms with van der Waals surface area (Å²) < 4.78 is 1.63. The van der Waals surface area contributed by atoms with Gasteiger partial charge in [0, 0.05) is 13.1 Å². The van der Waals surface area contributed by atoms with Crippen LogP contribution in [0, 0.1) is 5.92 Å². The first-order chi connectivity index (χ1) is 11.6. The minimum Gasteiger partial charge on any atom is -0.353 e. The fraction of sp³-hybridized carbons (Fsp3) is 0.389. The molecule has 1 N–H and O–H groups in total. The van der Waals surface area contributed by atoms with Crippen LogP contribution in [-0.4, -0.2) is 45.6 Å². The van der Waals surface area contributed by atoms with Crippen molar-refractivity contribution in [2.45, 2.75) is 26.3 Å². The van der Waals surface area contributed by atoms with Crippen molar-refractivity contribution < 1.29 is 9.59 Å². The van der Waals surface area contributed by atoms with E-state index in [2.05, 4.69) is 24.3 Å². The number of carbonyl (C=O) groups excluding carboxylic acids is 2. The Morgan fingerprint density at radius 3 is 2.75 bits per heavy atom. The Morgan fingerprint density at radius 2 is 2.04 bits per heavy atom. The van der Waals surface area contributed by atoms with Crippen LogP contribution in [0.25, 0.3) is 5.69 Å². The number of benzene rings is 1. The lowest BCUT2D eigenvalue weighted by molar-refractivity contribution is -0.128. The van der Waals surface area contributed by atoms with Crippen LogP contribution in [0.5, 0.6) is 0 Å². The van der Waals surface area contributed by atoms with Crippen LogP contribution in [0.2, 0.25) is 0 Å². The van der Waals surface area contributed by atoms with E-state index in [0.717, 1.165) is 5.69 Å². The molecule has 0 unspecified atom stereocenters. The van der Waals surface area contributed by atoms with Crippen molar-refractivity contribution >= 4 is 11.8 Å². The molecule has 6 heteroatoms. The molecule has 24 heavy (non-hydrogen) atoms. The van der Waals surface area contributed by atoms with Crippen molar-refractivity contribution in [3.8, 4) is 5.69 Å². The summed E-state index contributed by atoms with van der Waals surface area (Å²) in [6.45, 7) is 5.11. The third kappa shape index (κ3) is 3.18. The summed E-state index contributed by atoms with van der Waals surface area (Å²) >= 11 is 0. The molecule has 1 aliphatic heterocycles. The minimum absolute atomic E-state index is 0.0749. The Bertz CT molecular complexity index is 724. The summed E-state index contributed by atoms with van der Waals surface area (Å²) in [5.41, 5.74) is 1.30. The first-order valence-corrected chi connectivity index (χ1v) is 8.26. The zero-order chi connectivity index (χ0) is 17.1. The highest BCUT2D eigenvalue weighted by Crippen LogP contribution is 2.19. The number of piperazine rings is 1. The molecule has 0 saturated carbocycles. The van der Waals surface area contributed by atoms with Gasteiger partial charge in [-0.05, 0) is 30.5 Å². The number of hydrogen-bond donors (Lipinski definition) is 1. The second-order valence-electron chi connectivity index (χ2n) is 6.40. The van der Waals surface area contributed by atoms with Crippen molar-refractivity contribution in [1.29, 1.82) is 0 Å². The van der Waals surface area contributed by atoms with E-state index in [-0.39, 0.29) is 11.8 Å². The van der Waals surface area contributed by atoms with E-state index in [9.17, 15) is 9.59 Å². The standard InChI is InChI=1S/C18H22N4O2/c1-13(2)12-16-17(23)19-10-11-21(16)18(24)15-8-9-20-22(15)14-6-4-3-5-7-14/h3-9,13,16H,10-12H2,1-2H3,(H,19,23)/t16-/m0/s1. The van der Waals surface area contributed by atoms with E-state index in [1.165, 1.54) is 0 Å². The molecule has 0 radical (unpaired) electrons. The number of aromatic nitrogens is 2. The third-order valence-corrected chi connectivity index (χ3v) is 4.15. The molecule has 1 saturated heterocycles. The van der Waals surface area contributed by atoms with Crippen LogP contribution >= 0.6 is 0 Å². The average Bonchev–Trinajstić information content (AvgIpc) is 3.06. The highest BCUT2D eigenvalue weighted by Gasteiger charge is 2.35. The lowest BCUT2D eigenvalue weighted by Gasteiger charge is -2.36. The first kappa shape index (κ1) is 16.2. The molecule has 0 aliphatic carbocycles. The molecule has 3 rings (SSSR count). The normalized spacial score (nSPS) is 17.9. The number of hydrogen-bond acceptors (Lipinski definition) is 3. The first-order valence-electron chi connectivity index (χ1n) is 8.26. The van der Waals surface area contributed by atoms with Crippen LogP contribution in [0.1, 0.15) is 30.8 Å². The van der Waals surface area contributed by atoms with Gasteiger partial charge in [0.15, 0.2) is 0 Å². The van der Waals surface area contributed by atoms with Crippen LogP contribution in [0.4, 0.5) is 0 Å². The predicted octanol–water partition coefficient (Wildman–Crippen LogP) is 1.86. The molecule has 6 nitrogen and oxygen atoms in total. The number of para-hydroxylation sites is 1. The number of nitrogens with zero attached hydrogens (tertiary/aromatic N) is 3. The Kier molecular flexibility index (Phi) is 4.64. The van der Waals surface area contributed by atoms with Crippen LogP contribution in [-0.2, 0) is 4.79 Å². The highest BCUT2D eigenvalue weighted by atomic mass is 16.2. The van der Waals surface area contributed by atoms with Crippen LogP contribution < -0.4 is 5.32 Å². The molecular formula is C18H22N4O2. The molecule has 2 amide bonds. The van der Waals surface area contributed by atoms with Gasteiger partial charge >= 0.3 is 0 Å². The number of nitrogens with one attached hydrogen (secondary N) is 1. The van der Waals surface area contributed by atoms with E-state index in [4.69, 9.17) is 0 Å². The lowest BCUT2D eigenvalue weighted by Crippen LogP contribution is -2.57. The van der Waals surface area contributed by atoms with E-state index < -0.39 is 6.04 Å². The van der Waals surface area contributed by atoms with Crippen molar-refractivity contribution in [3.05, 3.63) is 48.3 Å². The van der Waals surface area contributed by atoms with Crippen LogP contribution in [0.3, 0.4) is 0 Å². The van der Waals surface area contributed by atoms with Gasteiger partial charge in [-0.2, -0.15) is 5.10 Å². The maximum Gasteiger partial charge on any atom is 0.273 e. The molecule has 2 heterocycles. The molecule has 2 aromatic rings. The van der Waals surface area contributed by atoms with Crippen LogP contribution in [0.15, 0.2) is 42.6 Å². The smallest absolute Gasteiger partial charge is 0.273 e. The van der Waals surface area contributed by atoms with Crippen molar-refractivity contribution in [3.63, 3.8) is 0 Å². The summed E-state index contributed by atoms with van der Waals surface area (Å²) in [4.78, 5) is 27.0. The fourth-order valence-corrected chi connectivity index (χ4v) is 3.03. The monoisotopic (exact) mass is 326 g/mol. The lowest BCUT2D eigenvalue weighted by atomic mass is 9.99. The van der Waals surface area contributed by atoms with Gasteiger partial charge in [0.1, 0.15) is 11.7 Å².